The van der Waals surface area contributed by atoms with Gasteiger partial charge in [-0.15, -0.1) is 0 Å². The molecule has 0 aliphatic carbocycles. The van der Waals surface area contributed by atoms with Crippen LogP contribution in [-0.2, 0) is 14.8 Å². The zero-order chi connectivity index (χ0) is 15.2. The molecular formula is C13H16ClNO4S. The minimum absolute atomic E-state index is 0.0841. The molecule has 0 heterocycles. The number of hydrogen-bond acceptors (Lipinski definition) is 3. The standard InChI is InChI=1S/C13H16ClNO4S/c1-10(13(16)17)6-8-15-20(18,19)9-7-11-2-4-12(14)5-3-11/h2-5,7,9-10,15H,6,8H2,1H3,(H,16,17)/b9-7+. The maximum atomic E-state index is 11.7. The second kappa shape index (κ2) is 7.42. The van der Waals surface area contributed by atoms with Gasteiger partial charge in [0.2, 0.25) is 10.0 Å². The summed E-state index contributed by atoms with van der Waals surface area (Å²) in [5.41, 5.74) is 0.707. The zero-order valence-electron chi connectivity index (χ0n) is 10.9. The van der Waals surface area contributed by atoms with Crippen LogP contribution in [0.1, 0.15) is 18.9 Å². The molecular weight excluding hydrogens is 302 g/mol. The van der Waals surface area contributed by atoms with Gasteiger partial charge in [-0.3, -0.25) is 4.79 Å². The summed E-state index contributed by atoms with van der Waals surface area (Å²) in [5.74, 6) is -1.53. The first-order valence-electron chi connectivity index (χ1n) is 5.96. The van der Waals surface area contributed by atoms with Crippen molar-refractivity contribution in [1.82, 2.24) is 4.72 Å². The third-order valence-electron chi connectivity index (χ3n) is 2.61. The van der Waals surface area contributed by atoms with E-state index >= 15 is 0 Å². The van der Waals surface area contributed by atoms with Crippen LogP contribution >= 0.6 is 11.6 Å². The normalized spacial score (nSPS) is 13.5. The fraction of sp³-hybridized carbons (Fsp3) is 0.308. The second-order valence-corrected chi connectivity index (χ2v) is 6.41. The SMILES string of the molecule is CC(CCNS(=O)(=O)/C=C/c1ccc(Cl)cc1)C(=O)O. The van der Waals surface area contributed by atoms with Gasteiger partial charge in [-0.2, -0.15) is 0 Å². The van der Waals surface area contributed by atoms with Crippen LogP contribution in [0.15, 0.2) is 29.7 Å². The van der Waals surface area contributed by atoms with Gasteiger partial charge in [-0.25, -0.2) is 13.1 Å². The zero-order valence-corrected chi connectivity index (χ0v) is 12.5. The molecule has 1 aromatic rings. The molecule has 110 valence electrons. The first-order valence-corrected chi connectivity index (χ1v) is 7.89. The van der Waals surface area contributed by atoms with E-state index in [1.54, 1.807) is 24.3 Å². The Bertz CT molecular complexity index is 581. The molecule has 0 radical (unpaired) electrons. The molecule has 0 spiro atoms. The number of nitrogens with one attached hydrogen (secondary N) is 1. The highest BCUT2D eigenvalue weighted by atomic mass is 35.5. The van der Waals surface area contributed by atoms with Crippen LogP contribution in [-0.4, -0.2) is 26.0 Å². The molecule has 0 bridgehead atoms. The number of aliphatic carboxylic acids is 1. The van der Waals surface area contributed by atoms with Crippen LogP contribution in [0.5, 0.6) is 0 Å². The van der Waals surface area contributed by atoms with Crippen molar-refractivity contribution in [3.8, 4) is 0 Å². The number of carboxylic acid groups (broad SMARTS) is 1. The molecule has 7 heteroatoms. The topological polar surface area (TPSA) is 83.5 Å². The highest BCUT2D eigenvalue weighted by Crippen LogP contribution is 2.11. The van der Waals surface area contributed by atoms with Crippen LogP contribution in [0.3, 0.4) is 0 Å². The van der Waals surface area contributed by atoms with Crippen LogP contribution in [0.4, 0.5) is 0 Å². The Hall–Kier alpha value is -1.37. The Labute approximate surface area is 123 Å². The molecule has 0 aliphatic rings. The van der Waals surface area contributed by atoms with Crippen LogP contribution in [0.25, 0.3) is 6.08 Å². The van der Waals surface area contributed by atoms with Crippen molar-refractivity contribution in [3.63, 3.8) is 0 Å². The van der Waals surface area contributed by atoms with E-state index in [1.807, 2.05) is 0 Å². The van der Waals surface area contributed by atoms with Crippen molar-refractivity contribution >= 4 is 33.7 Å². The summed E-state index contributed by atoms with van der Waals surface area (Å²) in [6, 6.07) is 6.72. The number of sulfonamides is 1. The van der Waals surface area contributed by atoms with E-state index in [0.29, 0.717) is 10.6 Å². The smallest absolute Gasteiger partial charge is 0.306 e. The maximum Gasteiger partial charge on any atom is 0.306 e. The van der Waals surface area contributed by atoms with Crippen molar-refractivity contribution in [1.29, 1.82) is 0 Å². The summed E-state index contributed by atoms with van der Waals surface area (Å²) < 4.78 is 25.6. The van der Waals surface area contributed by atoms with Gasteiger partial charge in [0.15, 0.2) is 0 Å². The Morgan fingerprint density at radius 1 is 1.40 bits per heavy atom. The molecule has 1 aromatic carbocycles. The average Bonchev–Trinajstić information content (AvgIpc) is 2.37. The third-order valence-corrected chi connectivity index (χ3v) is 3.96. The lowest BCUT2D eigenvalue weighted by atomic mass is 10.1. The molecule has 0 fully saturated rings. The van der Waals surface area contributed by atoms with Crippen molar-refractivity contribution in [3.05, 3.63) is 40.3 Å². The van der Waals surface area contributed by atoms with E-state index in [9.17, 15) is 13.2 Å². The number of benzene rings is 1. The lowest BCUT2D eigenvalue weighted by molar-refractivity contribution is -0.141. The quantitative estimate of drug-likeness (QED) is 0.808. The van der Waals surface area contributed by atoms with Gasteiger partial charge < -0.3 is 5.11 Å². The Morgan fingerprint density at radius 2 is 2.00 bits per heavy atom. The molecule has 5 nitrogen and oxygen atoms in total. The molecule has 0 amide bonds. The van der Waals surface area contributed by atoms with Gasteiger partial charge in [0.25, 0.3) is 0 Å². The Balaban J connectivity index is 2.53. The van der Waals surface area contributed by atoms with Crippen LogP contribution in [0.2, 0.25) is 5.02 Å². The largest absolute Gasteiger partial charge is 0.481 e. The monoisotopic (exact) mass is 317 g/mol. The van der Waals surface area contributed by atoms with Gasteiger partial charge in [0.05, 0.1) is 5.92 Å². The van der Waals surface area contributed by atoms with E-state index in [2.05, 4.69) is 4.72 Å². The fourth-order valence-corrected chi connectivity index (χ4v) is 2.29. The maximum absolute atomic E-state index is 11.7. The third kappa shape index (κ3) is 6.18. The molecule has 0 saturated heterocycles. The van der Waals surface area contributed by atoms with Crippen molar-refractivity contribution in [2.75, 3.05) is 6.54 Å². The van der Waals surface area contributed by atoms with Crippen molar-refractivity contribution < 1.29 is 18.3 Å². The van der Waals surface area contributed by atoms with Gasteiger partial charge in [0.1, 0.15) is 0 Å². The molecule has 0 saturated carbocycles. The van der Waals surface area contributed by atoms with Crippen LogP contribution in [0, 0.1) is 5.92 Å². The Kier molecular flexibility index (Phi) is 6.19. The molecule has 1 rings (SSSR count). The minimum Gasteiger partial charge on any atom is -0.481 e. The minimum atomic E-state index is -3.57. The average molecular weight is 318 g/mol. The lowest BCUT2D eigenvalue weighted by Crippen LogP contribution is -2.25. The van der Waals surface area contributed by atoms with Crippen LogP contribution < -0.4 is 4.72 Å². The first-order chi connectivity index (χ1) is 9.30. The van der Waals surface area contributed by atoms with E-state index in [1.165, 1.54) is 13.0 Å². The predicted octanol–water partition coefficient (Wildman–Crippen LogP) is 2.34. The number of hydrogen-bond donors (Lipinski definition) is 2. The van der Waals surface area contributed by atoms with Gasteiger partial charge >= 0.3 is 5.97 Å². The summed E-state index contributed by atoms with van der Waals surface area (Å²) in [7, 11) is -3.57. The number of carbonyl (C=O) groups is 1. The summed E-state index contributed by atoms with van der Waals surface area (Å²) in [5, 5.41) is 10.3. The van der Waals surface area contributed by atoms with Crippen molar-refractivity contribution in [2.45, 2.75) is 13.3 Å². The van der Waals surface area contributed by atoms with Gasteiger partial charge in [-0.05, 0) is 30.2 Å². The second-order valence-electron chi connectivity index (χ2n) is 4.32. The van der Waals surface area contributed by atoms with Gasteiger partial charge in [-0.1, -0.05) is 30.7 Å². The predicted molar refractivity (Wildman–Crippen MR) is 78.8 cm³/mol. The number of carboxylic acids is 1. The van der Waals surface area contributed by atoms with E-state index in [4.69, 9.17) is 16.7 Å². The molecule has 1 atom stereocenters. The first kappa shape index (κ1) is 16.7. The highest BCUT2D eigenvalue weighted by molar-refractivity contribution is 7.92. The molecule has 20 heavy (non-hydrogen) atoms. The van der Waals surface area contributed by atoms with Gasteiger partial charge in [0, 0.05) is 17.0 Å². The summed E-state index contributed by atoms with van der Waals surface area (Å²) in [6.07, 6.45) is 1.68. The number of rotatable bonds is 7. The summed E-state index contributed by atoms with van der Waals surface area (Å²) >= 11 is 5.72. The van der Waals surface area contributed by atoms with E-state index in [0.717, 1.165) is 5.41 Å². The fourth-order valence-electron chi connectivity index (χ4n) is 1.33. The highest BCUT2D eigenvalue weighted by Gasteiger charge is 2.12. The lowest BCUT2D eigenvalue weighted by Gasteiger charge is -2.06. The summed E-state index contributed by atoms with van der Waals surface area (Å²) in [4.78, 5) is 10.6. The Morgan fingerprint density at radius 3 is 2.55 bits per heavy atom. The molecule has 1 unspecified atom stereocenters. The summed E-state index contributed by atoms with van der Waals surface area (Å²) in [6.45, 7) is 1.61. The van der Waals surface area contributed by atoms with E-state index in [-0.39, 0.29) is 13.0 Å². The van der Waals surface area contributed by atoms with E-state index < -0.39 is 21.9 Å². The molecule has 0 aromatic heterocycles. The molecule has 2 N–H and O–H groups in total. The number of halogens is 1. The van der Waals surface area contributed by atoms with Crippen molar-refractivity contribution in [2.24, 2.45) is 5.92 Å². The molecule has 0 aliphatic heterocycles.